The van der Waals surface area contributed by atoms with E-state index in [1.807, 2.05) is 30.3 Å². The number of benzene rings is 1. The Morgan fingerprint density at radius 2 is 1.88 bits per heavy atom. The molecule has 0 aliphatic heterocycles. The molecule has 0 unspecified atom stereocenters. The number of halogens is 1. The van der Waals surface area contributed by atoms with Crippen LogP contribution < -0.4 is 10.6 Å². The van der Waals surface area contributed by atoms with Crippen molar-refractivity contribution in [2.45, 2.75) is 13.0 Å². The van der Waals surface area contributed by atoms with E-state index in [1.165, 1.54) is 10.5 Å². The lowest BCUT2D eigenvalue weighted by Crippen LogP contribution is -2.39. The molecule has 0 radical (unpaired) electrons. The minimum atomic E-state index is -0.0443. The predicted octanol–water partition coefficient (Wildman–Crippen LogP) is 2.26. The van der Waals surface area contributed by atoms with Crippen LogP contribution in [0.3, 0.4) is 0 Å². The van der Waals surface area contributed by atoms with Gasteiger partial charge < -0.3 is 20.0 Å². The Hall–Kier alpha value is -2.03. The third kappa shape index (κ3) is 8.06. The van der Waals surface area contributed by atoms with Gasteiger partial charge in [-0.25, -0.2) is 4.99 Å². The van der Waals surface area contributed by atoms with Gasteiger partial charge in [-0.05, 0) is 24.1 Å². The van der Waals surface area contributed by atoms with E-state index in [1.54, 1.807) is 20.4 Å². The number of hydrogen-bond donors (Lipinski definition) is 2. The zero-order valence-corrected chi connectivity index (χ0v) is 16.9. The van der Waals surface area contributed by atoms with Gasteiger partial charge in [-0.2, -0.15) is 0 Å². The second kappa shape index (κ2) is 11.5. The fourth-order valence-corrected chi connectivity index (χ4v) is 2.02. The molecule has 1 amide bonds. The summed E-state index contributed by atoms with van der Waals surface area (Å²) in [6.07, 6.45) is 2.51. The van der Waals surface area contributed by atoms with Gasteiger partial charge in [-0.1, -0.05) is 30.3 Å². The van der Waals surface area contributed by atoms with Crippen molar-refractivity contribution < 1.29 is 9.21 Å². The molecule has 0 aliphatic rings. The smallest absolute Gasteiger partial charge is 0.243 e. The topological polar surface area (TPSA) is 69.9 Å². The monoisotopic (exact) mass is 456 g/mol. The van der Waals surface area contributed by atoms with Gasteiger partial charge >= 0.3 is 0 Å². The molecule has 1 aromatic carbocycles. The molecule has 1 heterocycles. The van der Waals surface area contributed by atoms with Gasteiger partial charge in [0.15, 0.2) is 5.96 Å². The van der Waals surface area contributed by atoms with Gasteiger partial charge in [0.25, 0.3) is 0 Å². The van der Waals surface area contributed by atoms with Crippen LogP contribution in [0.4, 0.5) is 0 Å². The van der Waals surface area contributed by atoms with Crippen LogP contribution in [0, 0.1) is 0 Å². The SMILES string of the molecule is CN(C)C(=O)CN=C(NCCc1ccccc1)NCc1ccco1.I. The molecule has 6 nitrogen and oxygen atoms in total. The number of nitrogens with one attached hydrogen (secondary N) is 2. The third-order valence-electron chi connectivity index (χ3n) is 3.43. The number of aliphatic imine (C=N–C) groups is 1. The number of hydrogen-bond acceptors (Lipinski definition) is 3. The molecule has 0 saturated heterocycles. The lowest BCUT2D eigenvalue weighted by Gasteiger charge is -2.13. The minimum absolute atomic E-state index is 0. The van der Waals surface area contributed by atoms with E-state index in [2.05, 4.69) is 27.8 Å². The lowest BCUT2D eigenvalue weighted by atomic mass is 10.1. The minimum Gasteiger partial charge on any atom is -0.467 e. The maximum absolute atomic E-state index is 11.7. The van der Waals surface area contributed by atoms with Crippen LogP contribution in [-0.4, -0.2) is 44.0 Å². The Bertz CT molecular complexity index is 642. The van der Waals surface area contributed by atoms with E-state index >= 15 is 0 Å². The second-order valence-electron chi connectivity index (χ2n) is 5.55. The van der Waals surface area contributed by atoms with E-state index in [9.17, 15) is 4.79 Å². The summed E-state index contributed by atoms with van der Waals surface area (Å²) in [5.41, 5.74) is 1.25. The van der Waals surface area contributed by atoms with Gasteiger partial charge in [-0.3, -0.25) is 4.79 Å². The van der Waals surface area contributed by atoms with Crippen molar-refractivity contribution in [2.75, 3.05) is 27.2 Å². The number of likely N-dealkylation sites (N-methyl/N-ethyl adjacent to an activating group) is 1. The molecule has 0 fully saturated rings. The Balaban J connectivity index is 0.00000312. The molecular formula is C18H25IN4O2. The summed E-state index contributed by atoms with van der Waals surface area (Å²) in [4.78, 5) is 17.6. The number of guanidine groups is 1. The second-order valence-corrected chi connectivity index (χ2v) is 5.55. The fraction of sp³-hybridized carbons (Fsp3) is 0.333. The number of rotatable bonds is 7. The first kappa shape index (κ1) is 21.0. The summed E-state index contributed by atoms with van der Waals surface area (Å²) in [6.45, 7) is 1.34. The Morgan fingerprint density at radius 1 is 1.12 bits per heavy atom. The number of nitrogens with zero attached hydrogens (tertiary/aromatic N) is 2. The highest BCUT2D eigenvalue weighted by Gasteiger charge is 2.05. The summed E-state index contributed by atoms with van der Waals surface area (Å²) in [7, 11) is 3.44. The number of carbonyl (C=O) groups excluding carboxylic acids is 1. The quantitative estimate of drug-likeness (QED) is 0.381. The molecule has 2 rings (SSSR count). The van der Waals surface area contributed by atoms with Crippen molar-refractivity contribution in [3.8, 4) is 0 Å². The van der Waals surface area contributed by atoms with Crippen LogP contribution in [-0.2, 0) is 17.8 Å². The molecule has 0 bridgehead atoms. The number of carbonyl (C=O) groups is 1. The molecule has 0 spiro atoms. The molecule has 2 aromatic rings. The van der Waals surface area contributed by atoms with Gasteiger partial charge in [0.05, 0.1) is 12.8 Å². The van der Waals surface area contributed by atoms with E-state index in [0.717, 1.165) is 18.7 Å². The molecule has 0 atom stereocenters. The van der Waals surface area contributed by atoms with Crippen LogP contribution in [0.25, 0.3) is 0 Å². The summed E-state index contributed by atoms with van der Waals surface area (Å²) < 4.78 is 5.30. The first-order chi connectivity index (χ1) is 11.6. The zero-order chi connectivity index (χ0) is 17.2. The molecular weight excluding hydrogens is 431 g/mol. The molecule has 136 valence electrons. The predicted molar refractivity (Wildman–Crippen MR) is 110 cm³/mol. The Morgan fingerprint density at radius 3 is 2.52 bits per heavy atom. The maximum atomic E-state index is 11.7. The first-order valence-electron chi connectivity index (χ1n) is 7.94. The van der Waals surface area contributed by atoms with Crippen LogP contribution >= 0.6 is 24.0 Å². The molecule has 1 aromatic heterocycles. The van der Waals surface area contributed by atoms with Gasteiger partial charge in [0.1, 0.15) is 12.3 Å². The fourth-order valence-electron chi connectivity index (χ4n) is 2.02. The van der Waals surface area contributed by atoms with E-state index in [-0.39, 0.29) is 36.4 Å². The van der Waals surface area contributed by atoms with Crippen LogP contribution in [0.15, 0.2) is 58.1 Å². The van der Waals surface area contributed by atoms with Gasteiger partial charge in [-0.15, -0.1) is 24.0 Å². The third-order valence-corrected chi connectivity index (χ3v) is 3.43. The van der Waals surface area contributed by atoms with Crippen molar-refractivity contribution in [1.29, 1.82) is 0 Å². The Kier molecular flexibility index (Phi) is 9.68. The summed E-state index contributed by atoms with van der Waals surface area (Å²) in [5.74, 6) is 1.36. The largest absolute Gasteiger partial charge is 0.467 e. The standard InChI is InChI=1S/C18H24N4O2.HI/c1-22(2)17(23)14-21-18(20-13-16-9-6-12-24-16)19-11-10-15-7-4-3-5-8-15;/h3-9,12H,10-11,13-14H2,1-2H3,(H2,19,20,21);1H. The maximum Gasteiger partial charge on any atom is 0.243 e. The van der Waals surface area contributed by atoms with Crippen LogP contribution in [0.5, 0.6) is 0 Å². The van der Waals surface area contributed by atoms with Gasteiger partial charge in [0, 0.05) is 20.6 Å². The van der Waals surface area contributed by atoms with Gasteiger partial charge in [0.2, 0.25) is 5.91 Å². The highest BCUT2D eigenvalue weighted by Crippen LogP contribution is 1.99. The molecule has 25 heavy (non-hydrogen) atoms. The van der Waals surface area contributed by atoms with Crippen LogP contribution in [0.1, 0.15) is 11.3 Å². The van der Waals surface area contributed by atoms with Crippen molar-refractivity contribution in [3.05, 3.63) is 60.1 Å². The Labute approximate surface area is 165 Å². The summed E-state index contributed by atoms with van der Waals surface area (Å²) in [5, 5.41) is 6.43. The van der Waals surface area contributed by atoms with Crippen molar-refractivity contribution in [3.63, 3.8) is 0 Å². The number of furan rings is 1. The summed E-state index contributed by atoms with van der Waals surface area (Å²) >= 11 is 0. The lowest BCUT2D eigenvalue weighted by molar-refractivity contribution is -0.127. The summed E-state index contributed by atoms with van der Waals surface area (Å²) in [6, 6.07) is 14.0. The zero-order valence-electron chi connectivity index (χ0n) is 14.6. The van der Waals surface area contributed by atoms with E-state index in [4.69, 9.17) is 4.42 Å². The normalized spacial score (nSPS) is 10.7. The molecule has 2 N–H and O–H groups in total. The molecule has 7 heteroatoms. The molecule has 0 saturated carbocycles. The van der Waals surface area contributed by atoms with Crippen molar-refractivity contribution in [1.82, 2.24) is 15.5 Å². The first-order valence-corrected chi connectivity index (χ1v) is 7.94. The van der Waals surface area contributed by atoms with Crippen LogP contribution in [0.2, 0.25) is 0 Å². The van der Waals surface area contributed by atoms with Crippen molar-refractivity contribution >= 4 is 35.8 Å². The highest BCUT2D eigenvalue weighted by atomic mass is 127. The van der Waals surface area contributed by atoms with E-state index < -0.39 is 0 Å². The average Bonchev–Trinajstić information content (AvgIpc) is 3.10. The average molecular weight is 456 g/mol. The number of amides is 1. The van der Waals surface area contributed by atoms with E-state index in [0.29, 0.717) is 12.5 Å². The molecule has 0 aliphatic carbocycles. The highest BCUT2D eigenvalue weighted by molar-refractivity contribution is 14.0. The van der Waals surface area contributed by atoms with Crippen molar-refractivity contribution in [2.24, 2.45) is 4.99 Å².